The van der Waals surface area contributed by atoms with E-state index < -0.39 is 11.2 Å². The summed E-state index contributed by atoms with van der Waals surface area (Å²) in [6, 6.07) is 11.3. The number of thioether (sulfide) groups is 1. The van der Waals surface area contributed by atoms with Crippen LogP contribution in [0.25, 0.3) is 0 Å². The average molecular weight is 364 g/mol. The molecule has 0 aliphatic carbocycles. The molecule has 0 radical (unpaired) electrons. The summed E-state index contributed by atoms with van der Waals surface area (Å²) in [7, 11) is 0. The number of carboxylic acid groups (broad SMARTS) is 1. The SMILES string of the molecule is CC(CNC(=O)c1ccccc1SC(C)C(=O)O)Cc1cccs1. The molecule has 0 spiro atoms. The maximum Gasteiger partial charge on any atom is 0.316 e. The Kier molecular flexibility index (Phi) is 6.87. The highest BCUT2D eigenvalue weighted by Gasteiger charge is 2.18. The van der Waals surface area contributed by atoms with E-state index in [0.29, 0.717) is 22.9 Å². The van der Waals surface area contributed by atoms with Crippen LogP contribution in [0.3, 0.4) is 0 Å². The van der Waals surface area contributed by atoms with Gasteiger partial charge in [-0.05, 0) is 42.8 Å². The maximum absolute atomic E-state index is 12.5. The lowest BCUT2D eigenvalue weighted by Gasteiger charge is -2.14. The number of amides is 1. The minimum absolute atomic E-state index is 0.159. The molecular weight excluding hydrogens is 342 g/mol. The van der Waals surface area contributed by atoms with Gasteiger partial charge in [0.2, 0.25) is 0 Å². The van der Waals surface area contributed by atoms with E-state index in [1.807, 2.05) is 12.1 Å². The number of benzene rings is 1. The van der Waals surface area contributed by atoms with Crippen LogP contribution < -0.4 is 5.32 Å². The average Bonchev–Trinajstić information content (AvgIpc) is 3.06. The fraction of sp³-hybridized carbons (Fsp3) is 0.333. The van der Waals surface area contributed by atoms with Crippen LogP contribution in [0.4, 0.5) is 0 Å². The van der Waals surface area contributed by atoms with E-state index >= 15 is 0 Å². The lowest BCUT2D eigenvalue weighted by Crippen LogP contribution is -2.29. The monoisotopic (exact) mass is 363 g/mol. The van der Waals surface area contributed by atoms with E-state index in [1.165, 1.54) is 16.6 Å². The molecule has 2 aromatic rings. The second-order valence-corrected chi connectivity index (χ2v) is 8.11. The Labute approximate surface area is 150 Å². The van der Waals surface area contributed by atoms with Gasteiger partial charge in [0.05, 0.1) is 5.56 Å². The van der Waals surface area contributed by atoms with Crippen LogP contribution in [0.5, 0.6) is 0 Å². The third kappa shape index (κ3) is 5.39. The lowest BCUT2D eigenvalue weighted by atomic mass is 10.1. The van der Waals surface area contributed by atoms with Gasteiger partial charge in [0.15, 0.2) is 0 Å². The number of hydrogen-bond acceptors (Lipinski definition) is 4. The molecule has 24 heavy (non-hydrogen) atoms. The van der Waals surface area contributed by atoms with Gasteiger partial charge >= 0.3 is 5.97 Å². The molecule has 0 saturated carbocycles. The summed E-state index contributed by atoms with van der Waals surface area (Å²) in [5.74, 6) is -0.709. The summed E-state index contributed by atoms with van der Waals surface area (Å²) in [5.41, 5.74) is 0.527. The van der Waals surface area contributed by atoms with Crippen molar-refractivity contribution in [3.05, 3.63) is 52.2 Å². The summed E-state index contributed by atoms with van der Waals surface area (Å²) in [4.78, 5) is 25.5. The molecule has 2 N–H and O–H groups in total. The summed E-state index contributed by atoms with van der Waals surface area (Å²) < 4.78 is 0. The van der Waals surface area contributed by atoms with Gasteiger partial charge in [-0.25, -0.2) is 0 Å². The zero-order valence-electron chi connectivity index (χ0n) is 13.7. The van der Waals surface area contributed by atoms with Crippen molar-refractivity contribution in [2.75, 3.05) is 6.54 Å². The molecule has 1 amide bonds. The molecule has 1 heterocycles. The number of carbonyl (C=O) groups excluding carboxylic acids is 1. The Bertz CT molecular complexity index is 685. The van der Waals surface area contributed by atoms with Gasteiger partial charge in [-0.2, -0.15) is 0 Å². The van der Waals surface area contributed by atoms with Crippen molar-refractivity contribution < 1.29 is 14.7 Å². The van der Waals surface area contributed by atoms with Crippen LogP contribution >= 0.6 is 23.1 Å². The Morgan fingerprint density at radius 2 is 1.96 bits per heavy atom. The van der Waals surface area contributed by atoms with Gasteiger partial charge in [-0.3, -0.25) is 9.59 Å². The van der Waals surface area contributed by atoms with E-state index in [9.17, 15) is 9.59 Å². The smallest absolute Gasteiger partial charge is 0.316 e. The molecule has 0 aliphatic rings. The fourth-order valence-corrected chi connectivity index (χ4v) is 4.00. The van der Waals surface area contributed by atoms with E-state index in [0.717, 1.165) is 6.42 Å². The van der Waals surface area contributed by atoms with Gasteiger partial charge in [-0.1, -0.05) is 25.1 Å². The zero-order valence-corrected chi connectivity index (χ0v) is 15.3. The summed E-state index contributed by atoms with van der Waals surface area (Å²) >= 11 is 2.91. The fourth-order valence-electron chi connectivity index (χ4n) is 2.20. The number of carbonyl (C=O) groups is 2. The van der Waals surface area contributed by atoms with Crippen molar-refractivity contribution in [1.29, 1.82) is 0 Å². The molecule has 0 aliphatic heterocycles. The number of carboxylic acids is 1. The molecule has 0 bridgehead atoms. The topological polar surface area (TPSA) is 66.4 Å². The van der Waals surface area contributed by atoms with Crippen molar-refractivity contribution in [3.8, 4) is 0 Å². The Morgan fingerprint density at radius 3 is 2.62 bits per heavy atom. The third-order valence-corrected chi connectivity index (χ3v) is 5.59. The first kappa shape index (κ1) is 18.5. The van der Waals surface area contributed by atoms with Crippen LogP contribution in [-0.2, 0) is 11.2 Å². The van der Waals surface area contributed by atoms with E-state index in [-0.39, 0.29) is 5.91 Å². The van der Waals surface area contributed by atoms with Crippen molar-refractivity contribution in [2.24, 2.45) is 5.92 Å². The minimum Gasteiger partial charge on any atom is -0.480 e. The first-order valence-corrected chi connectivity index (χ1v) is 9.52. The Hall–Kier alpha value is -1.79. The summed E-state index contributed by atoms with van der Waals surface area (Å²) in [5, 5.41) is 13.5. The Balaban J connectivity index is 1.95. The molecule has 4 nitrogen and oxygen atoms in total. The molecule has 0 saturated heterocycles. The van der Waals surface area contributed by atoms with Crippen molar-refractivity contribution in [1.82, 2.24) is 5.32 Å². The quantitative estimate of drug-likeness (QED) is 0.698. The highest BCUT2D eigenvalue weighted by molar-refractivity contribution is 8.00. The zero-order chi connectivity index (χ0) is 17.5. The third-order valence-electron chi connectivity index (χ3n) is 3.52. The number of aliphatic carboxylic acids is 1. The van der Waals surface area contributed by atoms with E-state index in [2.05, 4.69) is 23.7 Å². The largest absolute Gasteiger partial charge is 0.480 e. The highest BCUT2D eigenvalue weighted by Crippen LogP contribution is 2.27. The van der Waals surface area contributed by atoms with E-state index in [4.69, 9.17) is 5.11 Å². The van der Waals surface area contributed by atoms with Gasteiger partial charge < -0.3 is 10.4 Å². The van der Waals surface area contributed by atoms with Gasteiger partial charge in [0, 0.05) is 16.3 Å². The number of nitrogens with one attached hydrogen (secondary N) is 1. The van der Waals surface area contributed by atoms with E-state index in [1.54, 1.807) is 36.5 Å². The second-order valence-electron chi connectivity index (χ2n) is 5.69. The standard InChI is InChI=1S/C18H21NO3S2/c1-12(10-14-6-5-9-23-14)11-19-17(20)15-7-3-4-8-16(15)24-13(2)18(21)22/h3-9,12-13H,10-11H2,1-2H3,(H,19,20)(H,21,22). The van der Waals surface area contributed by atoms with Gasteiger partial charge in [0.1, 0.15) is 5.25 Å². The Morgan fingerprint density at radius 1 is 1.21 bits per heavy atom. The van der Waals surface area contributed by atoms with Crippen LogP contribution in [-0.4, -0.2) is 28.8 Å². The minimum atomic E-state index is -0.889. The highest BCUT2D eigenvalue weighted by atomic mass is 32.2. The molecule has 2 unspecified atom stereocenters. The molecule has 6 heteroatoms. The summed E-state index contributed by atoms with van der Waals surface area (Å²) in [6.07, 6.45) is 0.935. The van der Waals surface area contributed by atoms with Gasteiger partial charge in [-0.15, -0.1) is 23.1 Å². The summed E-state index contributed by atoms with van der Waals surface area (Å²) in [6.45, 7) is 4.31. The molecule has 2 atom stereocenters. The predicted molar refractivity (Wildman–Crippen MR) is 98.9 cm³/mol. The molecule has 128 valence electrons. The number of hydrogen-bond donors (Lipinski definition) is 2. The van der Waals surface area contributed by atoms with Crippen LogP contribution in [0.2, 0.25) is 0 Å². The molecule has 1 aromatic heterocycles. The second kappa shape index (κ2) is 8.89. The molecule has 0 fully saturated rings. The lowest BCUT2D eigenvalue weighted by molar-refractivity contribution is -0.136. The maximum atomic E-state index is 12.5. The van der Waals surface area contributed by atoms with Crippen LogP contribution in [0.15, 0.2) is 46.7 Å². The first-order valence-electron chi connectivity index (χ1n) is 7.76. The van der Waals surface area contributed by atoms with Gasteiger partial charge in [0.25, 0.3) is 5.91 Å². The molecular formula is C18H21NO3S2. The van der Waals surface area contributed by atoms with Crippen molar-refractivity contribution in [3.63, 3.8) is 0 Å². The van der Waals surface area contributed by atoms with Crippen molar-refractivity contribution in [2.45, 2.75) is 30.4 Å². The van der Waals surface area contributed by atoms with Crippen LogP contribution in [0, 0.1) is 5.92 Å². The number of rotatable bonds is 8. The van der Waals surface area contributed by atoms with Crippen LogP contribution in [0.1, 0.15) is 29.1 Å². The number of thiophene rings is 1. The molecule has 2 rings (SSSR count). The first-order chi connectivity index (χ1) is 11.5. The molecule has 1 aromatic carbocycles. The predicted octanol–water partition coefficient (Wildman–Crippen LogP) is 3.92. The normalized spacial score (nSPS) is 13.2. The van der Waals surface area contributed by atoms with Crippen molar-refractivity contribution >= 4 is 35.0 Å².